The molecule has 2 rings (SSSR count). The Morgan fingerprint density at radius 1 is 1.15 bits per heavy atom. The van der Waals surface area contributed by atoms with E-state index in [1.165, 1.54) is 0 Å². The highest BCUT2D eigenvalue weighted by molar-refractivity contribution is 6.00. The quantitative estimate of drug-likeness (QED) is 0.785. The number of aromatic nitrogens is 1. The number of carbonyl (C=O) groups is 1. The summed E-state index contributed by atoms with van der Waals surface area (Å²) in [5.41, 5.74) is 2.48. The number of carbonyl (C=O) groups excluding carboxylic acids is 1. The van der Waals surface area contributed by atoms with Gasteiger partial charge in [0.05, 0.1) is 19.8 Å². The molecule has 4 nitrogen and oxygen atoms in total. The van der Waals surface area contributed by atoms with E-state index in [4.69, 9.17) is 9.47 Å². The summed E-state index contributed by atoms with van der Waals surface area (Å²) in [5, 5.41) is 0. The van der Waals surface area contributed by atoms with Crippen LogP contribution in [-0.4, -0.2) is 25.0 Å². The molecule has 0 saturated heterocycles. The van der Waals surface area contributed by atoms with Crippen LogP contribution >= 0.6 is 0 Å². The molecule has 0 aliphatic carbocycles. The van der Waals surface area contributed by atoms with Gasteiger partial charge in [-0.25, -0.2) is 4.98 Å². The number of pyridine rings is 1. The maximum atomic E-state index is 12.4. The van der Waals surface area contributed by atoms with Gasteiger partial charge in [0.15, 0.2) is 5.78 Å². The van der Waals surface area contributed by atoms with E-state index in [1.54, 1.807) is 26.5 Å². The predicted octanol–water partition coefficient (Wildman–Crippen LogP) is 2.83. The summed E-state index contributed by atoms with van der Waals surface area (Å²) >= 11 is 0. The fourth-order valence-electron chi connectivity index (χ4n) is 1.96. The third kappa shape index (κ3) is 3.15. The van der Waals surface area contributed by atoms with Crippen LogP contribution in [0.3, 0.4) is 0 Å². The van der Waals surface area contributed by atoms with Gasteiger partial charge in [0.2, 0.25) is 5.88 Å². The summed E-state index contributed by atoms with van der Waals surface area (Å²) in [6.07, 6.45) is 1.94. The van der Waals surface area contributed by atoms with Crippen molar-refractivity contribution in [2.75, 3.05) is 14.2 Å². The van der Waals surface area contributed by atoms with E-state index >= 15 is 0 Å². The van der Waals surface area contributed by atoms with Crippen molar-refractivity contribution in [1.29, 1.82) is 0 Å². The van der Waals surface area contributed by atoms with E-state index in [-0.39, 0.29) is 12.2 Å². The van der Waals surface area contributed by atoms with Crippen LogP contribution in [0, 0.1) is 6.92 Å². The Morgan fingerprint density at radius 3 is 2.55 bits per heavy atom. The van der Waals surface area contributed by atoms with Crippen LogP contribution in [-0.2, 0) is 6.42 Å². The molecule has 0 spiro atoms. The van der Waals surface area contributed by atoms with Gasteiger partial charge < -0.3 is 9.47 Å². The maximum absolute atomic E-state index is 12.4. The van der Waals surface area contributed by atoms with E-state index in [1.807, 2.05) is 31.2 Å². The van der Waals surface area contributed by atoms with Gasteiger partial charge in [-0.1, -0.05) is 17.7 Å². The van der Waals surface area contributed by atoms with Crippen molar-refractivity contribution >= 4 is 5.78 Å². The summed E-state index contributed by atoms with van der Waals surface area (Å²) in [6.45, 7) is 1.95. The number of ketones is 1. The molecule has 0 N–H and O–H groups in total. The number of methoxy groups -OCH3 is 2. The number of benzene rings is 1. The molecule has 0 radical (unpaired) electrons. The van der Waals surface area contributed by atoms with Crippen molar-refractivity contribution in [3.05, 3.63) is 53.2 Å². The van der Waals surface area contributed by atoms with Gasteiger partial charge in [0.1, 0.15) is 5.75 Å². The molecule has 0 fully saturated rings. The van der Waals surface area contributed by atoms with Crippen LogP contribution < -0.4 is 9.47 Å². The van der Waals surface area contributed by atoms with E-state index < -0.39 is 0 Å². The lowest BCUT2D eigenvalue weighted by Gasteiger charge is -2.08. The van der Waals surface area contributed by atoms with Gasteiger partial charge in [-0.05, 0) is 24.6 Å². The molecule has 104 valence electrons. The smallest absolute Gasteiger partial charge is 0.212 e. The average Bonchev–Trinajstić information content (AvgIpc) is 2.48. The lowest BCUT2D eigenvalue weighted by Crippen LogP contribution is -2.06. The van der Waals surface area contributed by atoms with Crippen molar-refractivity contribution in [1.82, 2.24) is 4.98 Å². The first kappa shape index (κ1) is 14.1. The number of aryl methyl sites for hydroxylation is 1. The Labute approximate surface area is 118 Å². The van der Waals surface area contributed by atoms with Gasteiger partial charge in [-0.3, -0.25) is 4.79 Å². The topological polar surface area (TPSA) is 48.4 Å². The summed E-state index contributed by atoms with van der Waals surface area (Å²) in [4.78, 5) is 16.5. The monoisotopic (exact) mass is 271 g/mol. The van der Waals surface area contributed by atoms with Crippen LogP contribution in [0.15, 0.2) is 36.5 Å². The number of hydrogen-bond donors (Lipinski definition) is 0. The fraction of sp³-hybridized carbons (Fsp3) is 0.250. The minimum absolute atomic E-state index is 0.0116. The Kier molecular flexibility index (Phi) is 4.35. The Balaban J connectivity index is 2.20. The van der Waals surface area contributed by atoms with E-state index in [9.17, 15) is 4.79 Å². The number of nitrogens with zero attached hydrogens (tertiary/aromatic N) is 1. The molecule has 0 bridgehead atoms. The lowest BCUT2D eigenvalue weighted by molar-refractivity contribution is 0.0990. The maximum Gasteiger partial charge on any atom is 0.212 e. The standard InChI is InChI=1S/C16H17NO3/c1-11-4-6-15(19-2)13(8-11)14(18)9-12-5-7-16(20-3)17-10-12/h4-8,10H,9H2,1-3H3. The molecule has 1 heterocycles. The highest BCUT2D eigenvalue weighted by Crippen LogP contribution is 2.21. The number of ether oxygens (including phenoxy) is 2. The Hall–Kier alpha value is -2.36. The zero-order valence-corrected chi connectivity index (χ0v) is 11.8. The van der Waals surface area contributed by atoms with E-state index in [2.05, 4.69) is 4.98 Å². The molecule has 0 saturated carbocycles. The number of Topliss-reactive ketones (excluding diaryl/α,β-unsaturated/α-hetero) is 1. The van der Waals surface area contributed by atoms with Gasteiger partial charge in [0.25, 0.3) is 0 Å². The van der Waals surface area contributed by atoms with E-state index in [0.717, 1.165) is 11.1 Å². The van der Waals surface area contributed by atoms with Crippen molar-refractivity contribution in [3.63, 3.8) is 0 Å². The number of hydrogen-bond acceptors (Lipinski definition) is 4. The zero-order valence-electron chi connectivity index (χ0n) is 11.8. The van der Waals surface area contributed by atoms with Gasteiger partial charge in [-0.2, -0.15) is 0 Å². The Bertz CT molecular complexity index is 606. The van der Waals surface area contributed by atoms with Crippen LogP contribution in [0.4, 0.5) is 0 Å². The van der Waals surface area contributed by atoms with Crippen molar-refractivity contribution in [2.24, 2.45) is 0 Å². The lowest BCUT2D eigenvalue weighted by atomic mass is 10.0. The first-order valence-electron chi connectivity index (χ1n) is 6.31. The second-order valence-corrected chi connectivity index (χ2v) is 4.51. The van der Waals surface area contributed by atoms with Crippen LogP contribution in [0.25, 0.3) is 0 Å². The molecule has 1 aromatic heterocycles. The van der Waals surface area contributed by atoms with Gasteiger partial charge >= 0.3 is 0 Å². The summed E-state index contributed by atoms with van der Waals surface area (Å²) in [7, 11) is 3.13. The average molecular weight is 271 g/mol. The summed E-state index contributed by atoms with van der Waals surface area (Å²) in [6, 6.07) is 9.17. The second-order valence-electron chi connectivity index (χ2n) is 4.51. The summed E-state index contributed by atoms with van der Waals surface area (Å²) < 4.78 is 10.2. The molecule has 2 aromatic rings. The molecule has 0 unspecified atom stereocenters. The van der Waals surface area contributed by atoms with Crippen LogP contribution in [0.5, 0.6) is 11.6 Å². The van der Waals surface area contributed by atoms with Crippen LogP contribution in [0.2, 0.25) is 0 Å². The molecule has 0 amide bonds. The van der Waals surface area contributed by atoms with Gasteiger partial charge in [0, 0.05) is 18.7 Å². The molecule has 4 heteroatoms. The van der Waals surface area contributed by atoms with Gasteiger partial charge in [-0.15, -0.1) is 0 Å². The number of rotatable bonds is 5. The molecular formula is C16H17NO3. The molecular weight excluding hydrogens is 254 g/mol. The molecule has 0 aliphatic heterocycles. The molecule has 20 heavy (non-hydrogen) atoms. The summed E-state index contributed by atoms with van der Waals surface area (Å²) in [5.74, 6) is 1.15. The highest BCUT2D eigenvalue weighted by atomic mass is 16.5. The minimum atomic E-state index is 0.0116. The largest absolute Gasteiger partial charge is 0.496 e. The normalized spacial score (nSPS) is 10.2. The van der Waals surface area contributed by atoms with Crippen molar-refractivity contribution < 1.29 is 14.3 Å². The SMILES string of the molecule is COc1ccc(CC(=O)c2cc(C)ccc2OC)cn1. The third-order valence-electron chi connectivity index (χ3n) is 3.03. The highest BCUT2D eigenvalue weighted by Gasteiger charge is 2.13. The van der Waals surface area contributed by atoms with E-state index in [0.29, 0.717) is 17.2 Å². The third-order valence-corrected chi connectivity index (χ3v) is 3.03. The molecule has 0 atom stereocenters. The first-order valence-corrected chi connectivity index (χ1v) is 6.31. The Morgan fingerprint density at radius 2 is 1.95 bits per heavy atom. The molecule has 0 aliphatic rings. The molecule has 1 aromatic carbocycles. The minimum Gasteiger partial charge on any atom is -0.496 e. The van der Waals surface area contributed by atoms with Crippen LogP contribution in [0.1, 0.15) is 21.5 Å². The zero-order chi connectivity index (χ0) is 14.5. The predicted molar refractivity (Wildman–Crippen MR) is 76.6 cm³/mol. The second kappa shape index (κ2) is 6.19. The van der Waals surface area contributed by atoms with Crippen molar-refractivity contribution in [3.8, 4) is 11.6 Å². The fourth-order valence-corrected chi connectivity index (χ4v) is 1.96. The van der Waals surface area contributed by atoms with Crippen molar-refractivity contribution in [2.45, 2.75) is 13.3 Å². The first-order chi connectivity index (χ1) is 9.63.